The van der Waals surface area contributed by atoms with Crippen LogP contribution in [-0.2, 0) is 16.1 Å². The van der Waals surface area contributed by atoms with Crippen LogP contribution in [0.4, 0.5) is 0 Å². The highest BCUT2D eigenvalue weighted by Gasteiger charge is 2.38. The third kappa shape index (κ3) is 4.89. The first-order valence-electron chi connectivity index (χ1n) is 10.1. The van der Waals surface area contributed by atoms with Gasteiger partial charge in [-0.25, -0.2) is 0 Å². The van der Waals surface area contributed by atoms with Gasteiger partial charge in [-0.15, -0.1) is 6.58 Å². The van der Waals surface area contributed by atoms with Crippen LogP contribution in [0.25, 0.3) is 0 Å². The minimum Gasteiger partial charge on any atom is -0.334 e. The van der Waals surface area contributed by atoms with Gasteiger partial charge in [0.1, 0.15) is 6.04 Å². The van der Waals surface area contributed by atoms with Crippen molar-refractivity contribution >= 4 is 34.4 Å². The molecule has 2 atom stereocenters. The fourth-order valence-corrected chi connectivity index (χ4v) is 4.59. The molecule has 0 N–H and O–H groups in total. The van der Waals surface area contributed by atoms with E-state index in [4.69, 9.17) is 0 Å². The van der Waals surface area contributed by atoms with E-state index in [1.165, 1.54) is 0 Å². The van der Waals surface area contributed by atoms with E-state index in [1.807, 2.05) is 72.5 Å². The van der Waals surface area contributed by atoms with Crippen LogP contribution in [-0.4, -0.2) is 34.2 Å². The van der Waals surface area contributed by atoms with Crippen molar-refractivity contribution in [2.45, 2.75) is 44.8 Å². The first-order chi connectivity index (χ1) is 14.1. The molecule has 1 saturated heterocycles. The summed E-state index contributed by atoms with van der Waals surface area (Å²) in [7, 11) is 0. The fourth-order valence-electron chi connectivity index (χ4n) is 3.91. The summed E-state index contributed by atoms with van der Waals surface area (Å²) < 4.78 is 0.986. The lowest BCUT2D eigenvalue weighted by Crippen LogP contribution is -2.46. The van der Waals surface area contributed by atoms with E-state index in [-0.39, 0.29) is 17.9 Å². The molecule has 3 rings (SSSR count). The second-order valence-corrected chi connectivity index (χ2v) is 8.42. The predicted molar refractivity (Wildman–Crippen MR) is 124 cm³/mol. The molecule has 1 aliphatic heterocycles. The van der Waals surface area contributed by atoms with E-state index in [0.717, 1.165) is 27.5 Å². The van der Waals surface area contributed by atoms with Crippen LogP contribution in [0.15, 0.2) is 67.3 Å². The number of hydrogen-bond acceptors (Lipinski definition) is 2. The molecule has 0 bridgehead atoms. The molecule has 2 unspecified atom stereocenters. The smallest absolute Gasteiger partial charge is 0.250 e. The number of nitrogens with zero attached hydrogens (tertiary/aromatic N) is 2. The molecule has 152 valence electrons. The Balaban J connectivity index is 2.06. The molecule has 0 aromatic heterocycles. The molecular formula is C24H27IN2O2. The van der Waals surface area contributed by atoms with Gasteiger partial charge in [0.15, 0.2) is 0 Å². The highest BCUT2D eigenvalue weighted by molar-refractivity contribution is 14.1. The van der Waals surface area contributed by atoms with E-state index in [9.17, 15) is 9.59 Å². The molecule has 29 heavy (non-hydrogen) atoms. The number of carbonyl (C=O) groups excluding carboxylic acids is 2. The first kappa shape index (κ1) is 21.6. The summed E-state index contributed by atoms with van der Waals surface area (Å²) in [4.78, 5) is 30.5. The zero-order valence-electron chi connectivity index (χ0n) is 16.8. The molecule has 1 fully saturated rings. The van der Waals surface area contributed by atoms with Crippen LogP contribution in [0, 0.1) is 3.57 Å². The van der Waals surface area contributed by atoms with Crippen molar-refractivity contribution in [3.8, 4) is 0 Å². The third-order valence-corrected chi connectivity index (χ3v) is 6.40. The minimum atomic E-state index is -0.642. The van der Waals surface area contributed by atoms with E-state index >= 15 is 0 Å². The summed E-state index contributed by atoms with van der Waals surface area (Å²) in [5, 5.41) is 0. The molecule has 2 aromatic carbocycles. The lowest BCUT2D eigenvalue weighted by Gasteiger charge is -2.36. The molecule has 2 amide bonds. The maximum atomic E-state index is 13.8. The van der Waals surface area contributed by atoms with Gasteiger partial charge < -0.3 is 9.80 Å². The van der Waals surface area contributed by atoms with Crippen LogP contribution < -0.4 is 0 Å². The van der Waals surface area contributed by atoms with Crippen molar-refractivity contribution < 1.29 is 9.59 Å². The van der Waals surface area contributed by atoms with Crippen molar-refractivity contribution in [3.63, 3.8) is 0 Å². The van der Waals surface area contributed by atoms with Crippen molar-refractivity contribution in [2.75, 3.05) is 6.54 Å². The molecule has 0 spiro atoms. The number of benzene rings is 2. The van der Waals surface area contributed by atoms with Gasteiger partial charge >= 0.3 is 0 Å². The van der Waals surface area contributed by atoms with E-state index in [0.29, 0.717) is 19.5 Å². The van der Waals surface area contributed by atoms with Crippen LogP contribution in [0.2, 0.25) is 0 Å². The number of carbonyl (C=O) groups is 2. The Kier molecular flexibility index (Phi) is 7.47. The topological polar surface area (TPSA) is 40.6 Å². The summed E-state index contributed by atoms with van der Waals surface area (Å²) in [5.74, 6) is -0.0459. The molecule has 0 radical (unpaired) electrons. The Hall–Kier alpha value is -2.15. The largest absolute Gasteiger partial charge is 0.334 e. The Bertz CT molecular complexity index is 868. The average Bonchev–Trinajstić information content (AvgIpc) is 3.23. The van der Waals surface area contributed by atoms with Crippen molar-refractivity contribution in [2.24, 2.45) is 0 Å². The quantitative estimate of drug-likeness (QED) is 0.397. The Morgan fingerprint density at radius 2 is 1.90 bits per heavy atom. The summed E-state index contributed by atoms with van der Waals surface area (Å²) in [6.45, 7) is 6.87. The van der Waals surface area contributed by atoms with Crippen LogP contribution in [0.3, 0.4) is 0 Å². The SMILES string of the molecule is C=CC1CCCN1C(=O)C(c1ccccc1I)N(Cc1ccccc1)C(=O)CC. The second kappa shape index (κ2) is 10.1. The molecular weight excluding hydrogens is 475 g/mol. The highest BCUT2D eigenvalue weighted by Crippen LogP contribution is 2.32. The van der Waals surface area contributed by atoms with Gasteiger partial charge in [0.2, 0.25) is 5.91 Å². The fraction of sp³-hybridized carbons (Fsp3) is 0.333. The van der Waals surface area contributed by atoms with E-state index in [1.54, 1.807) is 4.90 Å². The summed E-state index contributed by atoms with van der Waals surface area (Å²) in [6.07, 6.45) is 4.09. The lowest BCUT2D eigenvalue weighted by molar-refractivity contribution is -0.147. The van der Waals surface area contributed by atoms with E-state index in [2.05, 4.69) is 29.2 Å². The van der Waals surface area contributed by atoms with Gasteiger partial charge in [-0.3, -0.25) is 9.59 Å². The van der Waals surface area contributed by atoms with Gasteiger partial charge in [0, 0.05) is 29.1 Å². The molecule has 1 heterocycles. The molecule has 5 heteroatoms. The van der Waals surface area contributed by atoms with Gasteiger partial charge in [-0.1, -0.05) is 61.5 Å². The number of likely N-dealkylation sites (tertiary alicyclic amines) is 1. The zero-order chi connectivity index (χ0) is 20.8. The minimum absolute atomic E-state index is 0.0192. The first-order valence-corrected chi connectivity index (χ1v) is 11.2. The number of hydrogen-bond donors (Lipinski definition) is 0. The Labute approximate surface area is 186 Å². The number of amides is 2. The van der Waals surface area contributed by atoms with Gasteiger partial charge in [0.05, 0.1) is 0 Å². The van der Waals surface area contributed by atoms with Crippen molar-refractivity contribution in [3.05, 3.63) is 81.9 Å². The summed E-state index contributed by atoms with van der Waals surface area (Å²) in [6, 6.07) is 17.1. The van der Waals surface area contributed by atoms with Gasteiger partial charge in [0.25, 0.3) is 5.91 Å². The van der Waals surface area contributed by atoms with Crippen LogP contribution >= 0.6 is 22.6 Å². The Morgan fingerprint density at radius 3 is 2.55 bits per heavy atom. The van der Waals surface area contributed by atoms with Gasteiger partial charge in [-0.05, 0) is 52.6 Å². The molecule has 0 aliphatic carbocycles. The average molecular weight is 502 g/mol. The van der Waals surface area contributed by atoms with Crippen LogP contribution in [0.5, 0.6) is 0 Å². The number of rotatable bonds is 7. The maximum absolute atomic E-state index is 13.8. The molecule has 4 nitrogen and oxygen atoms in total. The van der Waals surface area contributed by atoms with Crippen molar-refractivity contribution in [1.29, 1.82) is 0 Å². The van der Waals surface area contributed by atoms with E-state index < -0.39 is 6.04 Å². The monoisotopic (exact) mass is 502 g/mol. The van der Waals surface area contributed by atoms with Crippen LogP contribution in [0.1, 0.15) is 43.4 Å². The summed E-state index contributed by atoms with van der Waals surface area (Å²) >= 11 is 2.26. The maximum Gasteiger partial charge on any atom is 0.250 e. The molecule has 2 aromatic rings. The third-order valence-electron chi connectivity index (χ3n) is 5.42. The second-order valence-electron chi connectivity index (χ2n) is 7.26. The Morgan fingerprint density at radius 1 is 1.21 bits per heavy atom. The normalized spacial score (nSPS) is 17.0. The predicted octanol–water partition coefficient (Wildman–Crippen LogP) is 4.95. The highest BCUT2D eigenvalue weighted by atomic mass is 127. The molecule has 1 aliphatic rings. The van der Waals surface area contributed by atoms with Gasteiger partial charge in [-0.2, -0.15) is 0 Å². The van der Waals surface area contributed by atoms with Crippen molar-refractivity contribution in [1.82, 2.24) is 9.80 Å². The lowest BCUT2D eigenvalue weighted by atomic mass is 10.0. The number of halogens is 1. The molecule has 0 saturated carbocycles. The zero-order valence-corrected chi connectivity index (χ0v) is 18.9. The summed E-state index contributed by atoms with van der Waals surface area (Å²) in [5.41, 5.74) is 1.89. The standard InChI is InChI=1S/C24H27IN2O2/c1-3-19-13-10-16-26(19)24(29)23(20-14-8-9-15-21(20)25)27(22(28)4-2)17-18-11-6-5-7-12-18/h3,5-9,11-12,14-15,19,23H,1,4,10,13,16-17H2,2H3.